The van der Waals surface area contributed by atoms with E-state index in [4.69, 9.17) is 0 Å². The van der Waals surface area contributed by atoms with E-state index in [-0.39, 0.29) is 12.0 Å². The second-order valence-electron chi connectivity index (χ2n) is 5.27. The third-order valence-corrected chi connectivity index (χ3v) is 3.16. The largest absolute Gasteiger partial charge is 0.467 e. The topological polar surface area (TPSA) is 75.6 Å². The Hall–Kier alpha value is -2.35. The molecular weight excluding hydrogens is 327 g/mol. The maximum absolute atomic E-state index is 12.5. The van der Waals surface area contributed by atoms with E-state index in [2.05, 4.69) is 16.6 Å². The molecule has 0 bridgehead atoms. The highest BCUT2D eigenvalue weighted by atomic mass is 19.4. The number of aliphatic hydroxyl groups excluding tert-OH is 1. The molecule has 1 aromatic rings. The molecule has 2 N–H and O–H groups in total. The highest BCUT2D eigenvalue weighted by Gasteiger charge is 2.31. The summed E-state index contributed by atoms with van der Waals surface area (Å²) in [6, 6.07) is 2.48. The molecule has 0 radical (unpaired) electrons. The molecule has 1 rings (SSSR count). The lowest BCUT2D eigenvalue weighted by Gasteiger charge is -2.19. The first-order valence-corrected chi connectivity index (χ1v) is 6.94. The van der Waals surface area contributed by atoms with Gasteiger partial charge in [-0.05, 0) is 31.0 Å². The molecule has 24 heavy (non-hydrogen) atoms. The van der Waals surface area contributed by atoms with E-state index in [1.807, 2.05) is 0 Å². The first-order chi connectivity index (χ1) is 11.1. The Labute approximate surface area is 137 Å². The van der Waals surface area contributed by atoms with Crippen molar-refractivity contribution in [2.24, 2.45) is 0 Å². The van der Waals surface area contributed by atoms with Crippen molar-refractivity contribution in [3.05, 3.63) is 47.5 Å². The second kappa shape index (κ2) is 7.96. The summed E-state index contributed by atoms with van der Waals surface area (Å²) in [6.45, 7) is 5.27. The summed E-state index contributed by atoms with van der Waals surface area (Å²) in [6.07, 6.45) is -6.12. The number of ether oxygens (including phenoxy) is 1. The second-order valence-corrected chi connectivity index (χ2v) is 5.27. The lowest BCUT2D eigenvalue weighted by molar-refractivity contribution is -0.146. The van der Waals surface area contributed by atoms with Crippen LogP contribution in [0.15, 0.2) is 36.4 Å². The Kier molecular flexibility index (Phi) is 6.53. The normalized spacial score (nSPS) is 13.8. The summed E-state index contributed by atoms with van der Waals surface area (Å²) >= 11 is 0. The number of aliphatic hydroxyl groups is 1. The molecule has 1 aromatic carbocycles. The summed E-state index contributed by atoms with van der Waals surface area (Å²) in [5, 5.41) is 12.2. The fourth-order valence-electron chi connectivity index (χ4n) is 1.94. The summed E-state index contributed by atoms with van der Waals surface area (Å²) in [4.78, 5) is 23.6. The van der Waals surface area contributed by atoms with Gasteiger partial charge in [0.15, 0.2) is 6.10 Å². The Bertz CT molecular complexity index is 611. The smallest absolute Gasteiger partial charge is 0.416 e. The SMILES string of the molecule is C=C(C)C[C@@H](NC(=O)[C@@H](O)c1ccc(C(F)(F)F)cc1)C(=O)OC. The average Bonchev–Trinajstić information content (AvgIpc) is 2.51. The molecule has 5 nitrogen and oxygen atoms in total. The van der Waals surface area contributed by atoms with Crippen molar-refractivity contribution in [1.82, 2.24) is 5.32 Å². The van der Waals surface area contributed by atoms with E-state index < -0.39 is 35.8 Å². The van der Waals surface area contributed by atoms with Crippen molar-refractivity contribution in [2.45, 2.75) is 31.7 Å². The number of benzene rings is 1. The van der Waals surface area contributed by atoms with Gasteiger partial charge in [-0.25, -0.2) is 4.79 Å². The summed E-state index contributed by atoms with van der Waals surface area (Å²) in [5.74, 6) is -1.64. The van der Waals surface area contributed by atoms with Crippen LogP contribution in [0.2, 0.25) is 0 Å². The number of rotatable bonds is 6. The van der Waals surface area contributed by atoms with Crippen molar-refractivity contribution >= 4 is 11.9 Å². The fraction of sp³-hybridized carbons (Fsp3) is 0.375. The van der Waals surface area contributed by atoms with Crippen molar-refractivity contribution in [3.8, 4) is 0 Å². The minimum atomic E-state index is -4.51. The zero-order chi connectivity index (χ0) is 18.5. The number of hydrogen-bond donors (Lipinski definition) is 2. The van der Waals surface area contributed by atoms with Gasteiger partial charge < -0.3 is 15.2 Å². The van der Waals surface area contributed by atoms with Gasteiger partial charge in [-0.2, -0.15) is 13.2 Å². The highest BCUT2D eigenvalue weighted by molar-refractivity contribution is 5.87. The van der Waals surface area contributed by atoms with E-state index >= 15 is 0 Å². The quantitative estimate of drug-likeness (QED) is 0.613. The number of alkyl halides is 3. The van der Waals surface area contributed by atoms with E-state index in [0.717, 1.165) is 31.4 Å². The Morgan fingerprint density at radius 3 is 2.25 bits per heavy atom. The Balaban J connectivity index is 2.85. The van der Waals surface area contributed by atoms with Crippen LogP contribution in [-0.4, -0.2) is 30.1 Å². The van der Waals surface area contributed by atoms with Crippen LogP contribution in [0.3, 0.4) is 0 Å². The molecule has 1 amide bonds. The molecule has 0 saturated heterocycles. The molecule has 0 spiro atoms. The van der Waals surface area contributed by atoms with Crippen LogP contribution in [0.5, 0.6) is 0 Å². The number of halogens is 3. The van der Waals surface area contributed by atoms with Crippen LogP contribution >= 0.6 is 0 Å². The monoisotopic (exact) mass is 345 g/mol. The summed E-state index contributed by atoms with van der Waals surface area (Å²) in [7, 11) is 1.15. The molecule has 0 aliphatic rings. The molecule has 0 saturated carbocycles. The minimum Gasteiger partial charge on any atom is -0.467 e. The van der Waals surface area contributed by atoms with Crippen molar-refractivity contribution in [2.75, 3.05) is 7.11 Å². The van der Waals surface area contributed by atoms with Crippen molar-refractivity contribution < 1.29 is 32.6 Å². The number of methoxy groups -OCH3 is 1. The van der Waals surface area contributed by atoms with Crippen LogP contribution in [0, 0.1) is 0 Å². The number of hydrogen-bond acceptors (Lipinski definition) is 4. The molecular formula is C16H18F3NO4. The van der Waals surface area contributed by atoms with Gasteiger partial charge in [-0.15, -0.1) is 6.58 Å². The van der Waals surface area contributed by atoms with E-state index in [9.17, 15) is 27.9 Å². The number of carbonyl (C=O) groups is 2. The van der Waals surface area contributed by atoms with Crippen LogP contribution in [0.25, 0.3) is 0 Å². The van der Waals surface area contributed by atoms with Gasteiger partial charge in [0.25, 0.3) is 5.91 Å². The molecule has 8 heteroatoms. The molecule has 0 heterocycles. The average molecular weight is 345 g/mol. The highest BCUT2D eigenvalue weighted by Crippen LogP contribution is 2.30. The van der Waals surface area contributed by atoms with E-state index in [1.165, 1.54) is 0 Å². The van der Waals surface area contributed by atoms with Gasteiger partial charge in [0.2, 0.25) is 0 Å². The number of nitrogens with one attached hydrogen (secondary N) is 1. The predicted octanol–water partition coefficient (Wildman–Crippen LogP) is 2.36. The minimum absolute atomic E-state index is 0.0283. The van der Waals surface area contributed by atoms with Crippen LogP contribution < -0.4 is 5.32 Å². The van der Waals surface area contributed by atoms with Gasteiger partial charge in [0.1, 0.15) is 6.04 Å². The summed E-state index contributed by atoms with van der Waals surface area (Å²) in [5.41, 5.74) is -0.317. The first kappa shape index (κ1) is 19.7. The third kappa shape index (κ3) is 5.38. The van der Waals surface area contributed by atoms with Crippen LogP contribution in [0.1, 0.15) is 30.6 Å². The zero-order valence-corrected chi connectivity index (χ0v) is 13.2. The fourth-order valence-corrected chi connectivity index (χ4v) is 1.94. The Morgan fingerprint density at radius 1 is 1.29 bits per heavy atom. The maximum Gasteiger partial charge on any atom is 0.416 e. The molecule has 0 fully saturated rings. The molecule has 0 aliphatic carbocycles. The van der Waals surface area contributed by atoms with Crippen molar-refractivity contribution in [3.63, 3.8) is 0 Å². The van der Waals surface area contributed by atoms with E-state index in [0.29, 0.717) is 5.57 Å². The molecule has 0 unspecified atom stereocenters. The lowest BCUT2D eigenvalue weighted by atomic mass is 10.0. The molecule has 2 atom stereocenters. The summed E-state index contributed by atoms with van der Waals surface area (Å²) < 4.78 is 42.0. The molecule has 0 aromatic heterocycles. The maximum atomic E-state index is 12.5. The first-order valence-electron chi connectivity index (χ1n) is 6.94. The van der Waals surface area contributed by atoms with Gasteiger partial charge in [-0.1, -0.05) is 17.7 Å². The Morgan fingerprint density at radius 2 is 1.83 bits per heavy atom. The zero-order valence-electron chi connectivity index (χ0n) is 13.2. The predicted molar refractivity (Wildman–Crippen MR) is 79.8 cm³/mol. The van der Waals surface area contributed by atoms with Gasteiger partial charge in [0.05, 0.1) is 12.7 Å². The van der Waals surface area contributed by atoms with Gasteiger partial charge >= 0.3 is 12.1 Å². The van der Waals surface area contributed by atoms with Gasteiger partial charge in [0, 0.05) is 0 Å². The number of carbonyl (C=O) groups excluding carboxylic acids is 2. The molecule has 0 aliphatic heterocycles. The third-order valence-electron chi connectivity index (χ3n) is 3.16. The molecule has 132 valence electrons. The number of amides is 1. The lowest BCUT2D eigenvalue weighted by Crippen LogP contribution is -2.43. The number of esters is 1. The van der Waals surface area contributed by atoms with E-state index in [1.54, 1.807) is 6.92 Å². The standard InChI is InChI=1S/C16H18F3NO4/c1-9(2)8-12(15(23)24-3)20-14(22)13(21)10-4-6-11(7-5-10)16(17,18)19/h4-7,12-13,21H,1,8H2,2-3H3,(H,20,22)/t12-,13+/m1/s1. The van der Waals surface area contributed by atoms with Crippen LogP contribution in [-0.2, 0) is 20.5 Å². The van der Waals surface area contributed by atoms with Gasteiger partial charge in [-0.3, -0.25) is 4.79 Å². The van der Waals surface area contributed by atoms with Crippen LogP contribution in [0.4, 0.5) is 13.2 Å². The van der Waals surface area contributed by atoms with Crippen molar-refractivity contribution in [1.29, 1.82) is 0 Å².